The van der Waals surface area contributed by atoms with Crippen LogP contribution in [0.3, 0.4) is 0 Å². The molecule has 0 bridgehead atoms. The summed E-state index contributed by atoms with van der Waals surface area (Å²) in [7, 11) is 0. The molecule has 0 aliphatic carbocycles. The maximum absolute atomic E-state index is 13.0. The summed E-state index contributed by atoms with van der Waals surface area (Å²) in [5, 5.41) is 2.80. The smallest absolute Gasteiger partial charge is 0.251 e. The van der Waals surface area contributed by atoms with Crippen LogP contribution in [0.2, 0.25) is 0 Å². The van der Waals surface area contributed by atoms with Crippen LogP contribution >= 0.6 is 27.5 Å². The first-order chi connectivity index (χ1) is 8.54. The van der Waals surface area contributed by atoms with Gasteiger partial charge in [-0.2, -0.15) is 0 Å². The Labute approximate surface area is 120 Å². The van der Waals surface area contributed by atoms with E-state index in [0.717, 1.165) is 12.8 Å². The van der Waals surface area contributed by atoms with Gasteiger partial charge in [0.05, 0.1) is 4.47 Å². The Morgan fingerprint density at radius 2 is 2.28 bits per heavy atom. The average molecular weight is 337 g/mol. The van der Waals surface area contributed by atoms with Crippen LogP contribution in [-0.4, -0.2) is 18.3 Å². The van der Waals surface area contributed by atoms with E-state index in [-0.39, 0.29) is 11.7 Å². The van der Waals surface area contributed by atoms with E-state index in [0.29, 0.717) is 28.4 Å². The molecular weight excluding hydrogens is 321 g/mol. The zero-order valence-corrected chi connectivity index (χ0v) is 12.5. The molecule has 1 atom stereocenters. The molecule has 0 saturated heterocycles. The second-order valence-corrected chi connectivity index (χ2v) is 5.45. The molecule has 1 rings (SSSR count). The molecule has 1 aromatic carbocycles. The lowest BCUT2D eigenvalue weighted by molar-refractivity contribution is 0.0952. The van der Waals surface area contributed by atoms with Gasteiger partial charge in [0.15, 0.2) is 0 Å². The fourth-order valence-electron chi connectivity index (χ4n) is 1.47. The van der Waals surface area contributed by atoms with Gasteiger partial charge in [0.2, 0.25) is 0 Å². The summed E-state index contributed by atoms with van der Waals surface area (Å²) in [5.41, 5.74) is 0.452. The fraction of sp³-hybridized carbons (Fsp3) is 0.462. The minimum absolute atomic E-state index is 0.186. The average Bonchev–Trinajstić information content (AvgIpc) is 2.37. The molecule has 0 saturated carbocycles. The molecular formula is C13H16BrClFNO. The highest BCUT2D eigenvalue weighted by Crippen LogP contribution is 2.16. The SMILES string of the molecule is CC(CCl)CCCNC(=O)c1ccc(F)c(Br)c1. The molecule has 0 aliphatic rings. The largest absolute Gasteiger partial charge is 0.352 e. The quantitative estimate of drug-likeness (QED) is 0.618. The number of halogens is 3. The summed E-state index contributed by atoms with van der Waals surface area (Å²) in [5.74, 6) is 0.541. The summed E-state index contributed by atoms with van der Waals surface area (Å²) in [6, 6.07) is 4.22. The number of carbonyl (C=O) groups is 1. The van der Waals surface area contributed by atoms with Crippen LogP contribution in [0.1, 0.15) is 30.1 Å². The van der Waals surface area contributed by atoms with E-state index in [2.05, 4.69) is 28.2 Å². The number of amides is 1. The number of rotatable bonds is 6. The highest BCUT2D eigenvalue weighted by molar-refractivity contribution is 9.10. The topological polar surface area (TPSA) is 29.1 Å². The predicted molar refractivity (Wildman–Crippen MR) is 75.6 cm³/mol. The standard InChI is InChI=1S/C13H16BrClFNO/c1-9(8-15)3-2-6-17-13(18)10-4-5-12(16)11(14)7-10/h4-5,7,9H,2-3,6,8H2,1H3,(H,17,18). The molecule has 100 valence electrons. The molecule has 0 fully saturated rings. The molecule has 0 aliphatic heterocycles. The van der Waals surface area contributed by atoms with E-state index in [9.17, 15) is 9.18 Å². The number of alkyl halides is 1. The van der Waals surface area contributed by atoms with Gasteiger partial charge in [0, 0.05) is 18.0 Å². The summed E-state index contributed by atoms with van der Waals surface area (Å²) < 4.78 is 13.3. The molecule has 1 N–H and O–H groups in total. The van der Waals surface area contributed by atoms with Crippen LogP contribution < -0.4 is 5.32 Å². The van der Waals surface area contributed by atoms with Crippen molar-refractivity contribution in [2.24, 2.45) is 5.92 Å². The predicted octanol–water partition coefficient (Wildman–Crippen LogP) is 3.97. The van der Waals surface area contributed by atoms with E-state index in [1.54, 1.807) is 0 Å². The minimum atomic E-state index is -0.373. The molecule has 5 heteroatoms. The molecule has 0 aromatic heterocycles. The normalized spacial score (nSPS) is 12.2. The summed E-state index contributed by atoms with van der Waals surface area (Å²) in [4.78, 5) is 11.7. The van der Waals surface area contributed by atoms with Crippen molar-refractivity contribution in [1.29, 1.82) is 0 Å². The Morgan fingerprint density at radius 1 is 1.56 bits per heavy atom. The molecule has 18 heavy (non-hydrogen) atoms. The van der Waals surface area contributed by atoms with Crippen LogP contribution in [0, 0.1) is 11.7 Å². The van der Waals surface area contributed by atoms with Gasteiger partial charge in [-0.05, 0) is 52.9 Å². The maximum atomic E-state index is 13.0. The molecule has 0 spiro atoms. The highest BCUT2D eigenvalue weighted by Gasteiger charge is 2.08. The second kappa shape index (κ2) is 7.74. The van der Waals surface area contributed by atoms with Crippen LogP contribution in [-0.2, 0) is 0 Å². The van der Waals surface area contributed by atoms with E-state index in [1.165, 1.54) is 18.2 Å². The van der Waals surface area contributed by atoms with Crippen LogP contribution in [0.15, 0.2) is 22.7 Å². The third-order valence-corrected chi connectivity index (χ3v) is 3.74. The summed E-state index contributed by atoms with van der Waals surface area (Å²) in [6.07, 6.45) is 1.87. The van der Waals surface area contributed by atoms with Crippen molar-refractivity contribution >= 4 is 33.4 Å². The van der Waals surface area contributed by atoms with Crippen molar-refractivity contribution in [3.8, 4) is 0 Å². The number of benzene rings is 1. The first-order valence-electron chi connectivity index (χ1n) is 5.83. The maximum Gasteiger partial charge on any atom is 0.251 e. The lowest BCUT2D eigenvalue weighted by Gasteiger charge is -2.08. The second-order valence-electron chi connectivity index (χ2n) is 4.29. The van der Waals surface area contributed by atoms with Crippen molar-refractivity contribution < 1.29 is 9.18 Å². The van der Waals surface area contributed by atoms with Crippen LogP contribution in [0.25, 0.3) is 0 Å². The number of hydrogen-bond donors (Lipinski definition) is 1. The highest BCUT2D eigenvalue weighted by atomic mass is 79.9. The van der Waals surface area contributed by atoms with Gasteiger partial charge in [0.1, 0.15) is 5.82 Å². The van der Waals surface area contributed by atoms with Gasteiger partial charge in [0.25, 0.3) is 5.91 Å². The van der Waals surface area contributed by atoms with Crippen molar-refractivity contribution in [3.05, 3.63) is 34.1 Å². The number of hydrogen-bond acceptors (Lipinski definition) is 1. The molecule has 1 aromatic rings. The zero-order chi connectivity index (χ0) is 13.5. The Bertz CT molecular complexity index is 414. The Hall–Kier alpha value is -0.610. The van der Waals surface area contributed by atoms with E-state index >= 15 is 0 Å². The van der Waals surface area contributed by atoms with Crippen LogP contribution in [0.4, 0.5) is 4.39 Å². The Balaban J connectivity index is 2.39. The van der Waals surface area contributed by atoms with Crippen molar-refractivity contribution in [2.45, 2.75) is 19.8 Å². The fourth-order valence-corrected chi connectivity index (χ4v) is 2.00. The first-order valence-corrected chi connectivity index (χ1v) is 7.16. The van der Waals surface area contributed by atoms with Gasteiger partial charge in [-0.3, -0.25) is 4.79 Å². The van der Waals surface area contributed by atoms with E-state index in [4.69, 9.17) is 11.6 Å². The van der Waals surface area contributed by atoms with Gasteiger partial charge in [-0.25, -0.2) is 4.39 Å². The third kappa shape index (κ3) is 4.94. The van der Waals surface area contributed by atoms with Gasteiger partial charge in [-0.1, -0.05) is 6.92 Å². The molecule has 0 heterocycles. The first kappa shape index (κ1) is 15.4. The summed E-state index contributed by atoms with van der Waals surface area (Å²) in [6.45, 7) is 2.68. The van der Waals surface area contributed by atoms with Gasteiger partial charge >= 0.3 is 0 Å². The minimum Gasteiger partial charge on any atom is -0.352 e. The third-order valence-electron chi connectivity index (χ3n) is 2.60. The van der Waals surface area contributed by atoms with Crippen molar-refractivity contribution in [3.63, 3.8) is 0 Å². The van der Waals surface area contributed by atoms with E-state index < -0.39 is 0 Å². The van der Waals surface area contributed by atoms with Crippen molar-refractivity contribution in [2.75, 3.05) is 12.4 Å². The van der Waals surface area contributed by atoms with Crippen molar-refractivity contribution in [1.82, 2.24) is 5.32 Å². The molecule has 1 unspecified atom stereocenters. The van der Waals surface area contributed by atoms with Gasteiger partial charge < -0.3 is 5.32 Å². The van der Waals surface area contributed by atoms with Crippen LogP contribution in [0.5, 0.6) is 0 Å². The summed E-state index contributed by atoms with van der Waals surface area (Å²) >= 11 is 8.75. The Morgan fingerprint density at radius 3 is 2.89 bits per heavy atom. The van der Waals surface area contributed by atoms with E-state index in [1.807, 2.05) is 0 Å². The molecule has 0 radical (unpaired) electrons. The number of carbonyl (C=O) groups excluding carboxylic acids is 1. The zero-order valence-electron chi connectivity index (χ0n) is 10.2. The Kier molecular flexibility index (Phi) is 6.65. The molecule has 2 nitrogen and oxygen atoms in total. The molecule has 1 amide bonds. The monoisotopic (exact) mass is 335 g/mol. The number of nitrogens with one attached hydrogen (secondary N) is 1. The lowest BCUT2D eigenvalue weighted by Crippen LogP contribution is -2.24. The lowest BCUT2D eigenvalue weighted by atomic mass is 10.1. The van der Waals surface area contributed by atoms with Gasteiger partial charge in [-0.15, -0.1) is 11.6 Å².